The van der Waals surface area contributed by atoms with Crippen LogP contribution >= 0.6 is 0 Å². The first-order valence-corrected chi connectivity index (χ1v) is 7.51. The Hall–Kier alpha value is -0.160. The topological polar surface area (TPSA) is 58.7 Å². The van der Waals surface area contributed by atoms with Gasteiger partial charge in [0.15, 0.2) is 0 Å². The molecule has 4 rings (SSSR count). The lowest BCUT2D eigenvalue weighted by Crippen LogP contribution is -2.62. The lowest BCUT2D eigenvalue weighted by molar-refractivity contribution is -0.124. The van der Waals surface area contributed by atoms with Crippen molar-refractivity contribution in [3.63, 3.8) is 0 Å². The van der Waals surface area contributed by atoms with Crippen LogP contribution in [0.1, 0.15) is 38.5 Å². The van der Waals surface area contributed by atoms with Crippen molar-refractivity contribution >= 4 is 0 Å². The summed E-state index contributed by atoms with van der Waals surface area (Å²) in [6, 6.07) is 0.337. The summed E-state index contributed by atoms with van der Waals surface area (Å²) in [4.78, 5) is 2.48. The van der Waals surface area contributed by atoms with E-state index >= 15 is 0 Å². The molecule has 4 fully saturated rings. The fourth-order valence-electron chi connectivity index (χ4n) is 5.34. The van der Waals surface area contributed by atoms with E-state index in [4.69, 9.17) is 10.5 Å². The Kier molecular flexibility index (Phi) is 2.39. The standard InChI is InChI=1S/C14H24N2O2/c15-9-13(8-10-3-4-12(13)18-10)14(17)5-7-16-6-1-2-11(14)16/h10-12,17H,1-9,15H2. The van der Waals surface area contributed by atoms with Crippen molar-refractivity contribution in [3.8, 4) is 0 Å². The quantitative estimate of drug-likeness (QED) is 0.750. The minimum absolute atomic E-state index is 0.167. The van der Waals surface area contributed by atoms with Crippen LogP contribution in [0.3, 0.4) is 0 Å². The third kappa shape index (κ3) is 1.20. The van der Waals surface area contributed by atoms with E-state index in [2.05, 4.69) is 4.90 Å². The van der Waals surface area contributed by atoms with Gasteiger partial charge in [-0.15, -0.1) is 0 Å². The molecule has 18 heavy (non-hydrogen) atoms. The van der Waals surface area contributed by atoms with E-state index in [0.29, 0.717) is 18.7 Å². The molecule has 4 aliphatic rings. The molecule has 4 aliphatic heterocycles. The maximum absolute atomic E-state index is 11.4. The van der Waals surface area contributed by atoms with E-state index in [0.717, 1.165) is 45.2 Å². The highest BCUT2D eigenvalue weighted by Gasteiger charge is 2.67. The zero-order valence-corrected chi connectivity index (χ0v) is 11.0. The van der Waals surface area contributed by atoms with Crippen molar-refractivity contribution in [1.29, 1.82) is 0 Å². The highest BCUT2D eigenvalue weighted by molar-refractivity contribution is 5.18. The predicted octanol–water partition coefficient (Wildman–Crippen LogP) is 0.482. The molecule has 0 aromatic carbocycles. The smallest absolute Gasteiger partial charge is 0.0908 e. The van der Waals surface area contributed by atoms with Gasteiger partial charge < -0.3 is 15.6 Å². The SMILES string of the molecule is NCC1(C2(O)CCN3CCCC32)CC2CCC1O2. The molecule has 0 aromatic rings. The highest BCUT2D eigenvalue weighted by Crippen LogP contribution is 2.58. The van der Waals surface area contributed by atoms with E-state index in [1.165, 1.54) is 6.42 Å². The highest BCUT2D eigenvalue weighted by atomic mass is 16.5. The van der Waals surface area contributed by atoms with Crippen LogP contribution in [0.15, 0.2) is 0 Å². The largest absolute Gasteiger partial charge is 0.387 e. The van der Waals surface area contributed by atoms with E-state index in [1.807, 2.05) is 0 Å². The molecule has 0 amide bonds. The number of rotatable bonds is 2. The molecule has 4 nitrogen and oxygen atoms in total. The molecule has 0 radical (unpaired) electrons. The first kappa shape index (κ1) is 11.6. The fraction of sp³-hybridized carbons (Fsp3) is 1.00. The second kappa shape index (κ2) is 3.69. The summed E-state index contributed by atoms with van der Waals surface area (Å²) in [5.74, 6) is 0. The van der Waals surface area contributed by atoms with E-state index in [-0.39, 0.29) is 11.5 Å². The Morgan fingerprint density at radius 2 is 2.17 bits per heavy atom. The summed E-state index contributed by atoms with van der Waals surface area (Å²) >= 11 is 0. The van der Waals surface area contributed by atoms with Crippen LogP contribution in [0, 0.1) is 5.41 Å². The normalized spacial score (nSPS) is 55.3. The summed E-state index contributed by atoms with van der Waals surface area (Å²) in [5, 5.41) is 11.4. The Morgan fingerprint density at radius 1 is 1.28 bits per heavy atom. The van der Waals surface area contributed by atoms with Crippen molar-refractivity contribution in [3.05, 3.63) is 0 Å². The summed E-state index contributed by atoms with van der Waals surface area (Å²) < 4.78 is 6.05. The minimum Gasteiger partial charge on any atom is -0.387 e. The molecule has 0 saturated carbocycles. The van der Waals surface area contributed by atoms with Crippen molar-refractivity contribution < 1.29 is 9.84 Å². The van der Waals surface area contributed by atoms with Gasteiger partial charge in [0.05, 0.1) is 17.8 Å². The Labute approximate surface area is 108 Å². The van der Waals surface area contributed by atoms with Crippen molar-refractivity contribution in [2.75, 3.05) is 19.6 Å². The maximum Gasteiger partial charge on any atom is 0.0908 e. The number of hydrogen-bond donors (Lipinski definition) is 2. The lowest BCUT2D eigenvalue weighted by Gasteiger charge is -2.49. The van der Waals surface area contributed by atoms with Crippen molar-refractivity contribution in [2.24, 2.45) is 11.1 Å². The van der Waals surface area contributed by atoms with Crippen LogP contribution in [0.2, 0.25) is 0 Å². The van der Waals surface area contributed by atoms with Gasteiger partial charge in [-0.05, 0) is 45.1 Å². The average Bonchev–Trinajstić information content (AvgIpc) is 3.10. The second-order valence-corrected chi connectivity index (χ2v) is 6.76. The van der Waals surface area contributed by atoms with Crippen LogP contribution in [0.4, 0.5) is 0 Å². The van der Waals surface area contributed by atoms with Crippen molar-refractivity contribution in [2.45, 2.75) is 62.4 Å². The van der Waals surface area contributed by atoms with Gasteiger partial charge in [0.2, 0.25) is 0 Å². The number of aliphatic hydroxyl groups is 1. The molecule has 4 saturated heterocycles. The van der Waals surface area contributed by atoms with Gasteiger partial charge in [-0.2, -0.15) is 0 Å². The van der Waals surface area contributed by atoms with Gasteiger partial charge >= 0.3 is 0 Å². The van der Waals surface area contributed by atoms with E-state index in [1.54, 1.807) is 0 Å². The van der Waals surface area contributed by atoms with Gasteiger partial charge in [0, 0.05) is 24.5 Å². The zero-order chi connectivity index (χ0) is 12.4. The van der Waals surface area contributed by atoms with Crippen LogP contribution in [0.25, 0.3) is 0 Å². The van der Waals surface area contributed by atoms with E-state index < -0.39 is 5.60 Å². The Morgan fingerprint density at radius 3 is 2.83 bits per heavy atom. The summed E-state index contributed by atoms with van der Waals surface area (Å²) in [6.45, 7) is 2.78. The summed E-state index contributed by atoms with van der Waals surface area (Å²) in [7, 11) is 0. The average molecular weight is 252 g/mol. The maximum atomic E-state index is 11.4. The molecule has 5 atom stereocenters. The molecular weight excluding hydrogens is 228 g/mol. The fourth-order valence-corrected chi connectivity index (χ4v) is 5.34. The second-order valence-electron chi connectivity index (χ2n) is 6.76. The molecule has 0 aliphatic carbocycles. The molecule has 5 unspecified atom stereocenters. The Bertz CT molecular complexity index is 364. The summed E-state index contributed by atoms with van der Waals surface area (Å²) in [6.07, 6.45) is 7.05. The molecular formula is C14H24N2O2. The number of nitrogens with two attached hydrogens (primary N) is 1. The molecule has 0 spiro atoms. The van der Waals surface area contributed by atoms with Gasteiger partial charge in [-0.3, -0.25) is 4.90 Å². The van der Waals surface area contributed by atoms with Crippen LogP contribution < -0.4 is 5.73 Å². The third-order valence-corrected chi connectivity index (χ3v) is 6.24. The minimum atomic E-state index is -0.599. The first-order valence-electron chi connectivity index (χ1n) is 7.51. The molecule has 4 heterocycles. The Balaban J connectivity index is 1.72. The predicted molar refractivity (Wildman–Crippen MR) is 68.2 cm³/mol. The molecule has 3 N–H and O–H groups in total. The summed E-state index contributed by atoms with van der Waals surface area (Å²) in [5.41, 5.74) is 5.38. The van der Waals surface area contributed by atoms with E-state index in [9.17, 15) is 5.11 Å². The lowest BCUT2D eigenvalue weighted by atomic mass is 9.60. The van der Waals surface area contributed by atoms with Crippen molar-refractivity contribution in [1.82, 2.24) is 4.90 Å². The molecule has 4 heteroatoms. The van der Waals surface area contributed by atoms with Gasteiger partial charge in [0.1, 0.15) is 0 Å². The van der Waals surface area contributed by atoms with Gasteiger partial charge in [-0.25, -0.2) is 0 Å². The number of nitrogens with zero attached hydrogens (tertiary/aromatic N) is 1. The molecule has 102 valence electrons. The first-order chi connectivity index (χ1) is 8.69. The van der Waals surface area contributed by atoms with Gasteiger partial charge in [0.25, 0.3) is 0 Å². The zero-order valence-electron chi connectivity index (χ0n) is 11.0. The third-order valence-electron chi connectivity index (χ3n) is 6.24. The van der Waals surface area contributed by atoms with Crippen LogP contribution in [0.5, 0.6) is 0 Å². The van der Waals surface area contributed by atoms with Gasteiger partial charge in [-0.1, -0.05) is 0 Å². The number of ether oxygens (including phenoxy) is 1. The van der Waals surface area contributed by atoms with Crippen LogP contribution in [-0.4, -0.2) is 53.5 Å². The number of hydrogen-bond acceptors (Lipinski definition) is 4. The molecule has 2 bridgehead atoms. The van der Waals surface area contributed by atoms with Crippen LogP contribution in [-0.2, 0) is 4.74 Å². The molecule has 0 aromatic heterocycles. The number of fused-ring (bicyclic) bond motifs is 3. The monoisotopic (exact) mass is 252 g/mol.